The highest BCUT2D eigenvalue weighted by atomic mass is 16.5. The quantitative estimate of drug-likeness (QED) is 0.731. The summed E-state index contributed by atoms with van der Waals surface area (Å²) in [7, 11) is 3.37. The zero-order valence-electron chi connectivity index (χ0n) is 18.8. The maximum absolute atomic E-state index is 12.8. The summed E-state index contributed by atoms with van der Waals surface area (Å²) >= 11 is 0. The Bertz CT molecular complexity index is 914. The van der Waals surface area contributed by atoms with Gasteiger partial charge in [0.15, 0.2) is 17.3 Å². The van der Waals surface area contributed by atoms with Gasteiger partial charge in [-0.2, -0.15) is 5.10 Å². The molecule has 1 aromatic carbocycles. The maximum atomic E-state index is 12.8. The normalized spacial score (nSPS) is 21.6. The van der Waals surface area contributed by atoms with Crippen LogP contribution in [0.5, 0.6) is 11.5 Å². The third-order valence-corrected chi connectivity index (χ3v) is 6.62. The van der Waals surface area contributed by atoms with Crippen LogP contribution in [0.2, 0.25) is 0 Å². The molecule has 2 aliphatic rings. The SMILES string of the molecule is COc1cccc(CN2CCCC3(CCN(C(=O)CCc4n[nH]c(C)n4)C3)C2)c1OC. The predicted octanol–water partition coefficient (Wildman–Crippen LogP) is 2.58. The molecule has 1 unspecified atom stereocenters. The highest BCUT2D eigenvalue weighted by Gasteiger charge is 2.42. The van der Waals surface area contributed by atoms with Crippen LogP contribution in [-0.4, -0.2) is 71.3 Å². The minimum Gasteiger partial charge on any atom is -0.493 e. The molecule has 2 fully saturated rings. The Labute approximate surface area is 183 Å². The van der Waals surface area contributed by atoms with Gasteiger partial charge in [0.2, 0.25) is 5.91 Å². The maximum Gasteiger partial charge on any atom is 0.223 e. The highest BCUT2D eigenvalue weighted by Crippen LogP contribution is 2.40. The van der Waals surface area contributed by atoms with Gasteiger partial charge in [-0.15, -0.1) is 0 Å². The highest BCUT2D eigenvalue weighted by molar-refractivity contribution is 5.76. The first kappa shape index (κ1) is 21.6. The van der Waals surface area contributed by atoms with Crippen molar-refractivity contribution in [1.82, 2.24) is 25.0 Å². The predicted molar refractivity (Wildman–Crippen MR) is 117 cm³/mol. The smallest absolute Gasteiger partial charge is 0.223 e. The number of likely N-dealkylation sites (tertiary alicyclic amines) is 2. The molecular formula is C23H33N5O3. The lowest BCUT2D eigenvalue weighted by Crippen LogP contribution is -2.45. The summed E-state index contributed by atoms with van der Waals surface area (Å²) < 4.78 is 11.1. The average molecular weight is 428 g/mol. The van der Waals surface area contributed by atoms with E-state index in [1.165, 1.54) is 6.42 Å². The van der Waals surface area contributed by atoms with Gasteiger partial charge >= 0.3 is 0 Å². The second kappa shape index (κ2) is 9.26. The van der Waals surface area contributed by atoms with Crippen molar-refractivity contribution in [3.63, 3.8) is 0 Å². The zero-order chi connectivity index (χ0) is 21.8. The minimum atomic E-state index is 0.196. The van der Waals surface area contributed by atoms with Gasteiger partial charge in [-0.3, -0.25) is 14.8 Å². The molecule has 1 N–H and O–H groups in total. The number of H-pyrrole nitrogens is 1. The molecule has 0 radical (unpaired) electrons. The van der Waals surface area contributed by atoms with Crippen LogP contribution in [0.1, 0.15) is 42.9 Å². The average Bonchev–Trinajstić information content (AvgIpc) is 3.38. The van der Waals surface area contributed by atoms with E-state index >= 15 is 0 Å². The number of aryl methyl sites for hydroxylation is 2. The van der Waals surface area contributed by atoms with Gasteiger partial charge in [-0.25, -0.2) is 4.98 Å². The molecule has 4 rings (SSSR count). The van der Waals surface area contributed by atoms with Crippen molar-refractivity contribution in [3.05, 3.63) is 35.4 Å². The van der Waals surface area contributed by atoms with Crippen LogP contribution in [0.15, 0.2) is 18.2 Å². The molecule has 8 nitrogen and oxygen atoms in total. The van der Waals surface area contributed by atoms with Crippen LogP contribution in [0, 0.1) is 12.3 Å². The molecule has 0 saturated carbocycles. The van der Waals surface area contributed by atoms with E-state index < -0.39 is 0 Å². The fourth-order valence-electron chi connectivity index (χ4n) is 5.12. The zero-order valence-corrected chi connectivity index (χ0v) is 18.8. The number of ether oxygens (including phenoxy) is 2. The standard InChI is InChI=1S/C23H33N5O3/c1-17-24-20(26-25-17)8-9-21(29)28-13-11-23(16-28)10-5-12-27(15-23)14-18-6-4-7-19(30-2)22(18)31-3/h4,6-7H,5,8-16H2,1-3H3,(H,24,25,26). The molecule has 3 heterocycles. The Hall–Kier alpha value is -2.61. The van der Waals surface area contributed by atoms with Crippen molar-refractivity contribution in [2.45, 2.75) is 45.6 Å². The molecular weight excluding hydrogens is 394 g/mol. The first-order valence-corrected chi connectivity index (χ1v) is 11.1. The fourth-order valence-corrected chi connectivity index (χ4v) is 5.12. The molecule has 2 saturated heterocycles. The van der Waals surface area contributed by atoms with Crippen LogP contribution in [0.25, 0.3) is 0 Å². The molecule has 1 amide bonds. The van der Waals surface area contributed by atoms with Gasteiger partial charge in [-0.05, 0) is 38.8 Å². The van der Waals surface area contributed by atoms with Gasteiger partial charge < -0.3 is 14.4 Å². The number of aromatic amines is 1. The molecule has 0 aliphatic carbocycles. The summed E-state index contributed by atoms with van der Waals surface area (Å²) in [6.45, 7) is 6.49. The number of carbonyl (C=O) groups excluding carboxylic acids is 1. The number of benzene rings is 1. The minimum absolute atomic E-state index is 0.196. The summed E-state index contributed by atoms with van der Waals surface area (Å²) in [5.41, 5.74) is 1.34. The number of piperidine rings is 1. The molecule has 1 spiro atoms. The van der Waals surface area contributed by atoms with Gasteiger partial charge in [0, 0.05) is 50.0 Å². The van der Waals surface area contributed by atoms with E-state index in [0.717, 1.165) is 74.3 Å². The molecule has 2 aromatic rings. The topological polar surface area (TPSA) is 83.6 Å². The lowest BCUT2D eigenvalue weighted by molar-refractivity contribution is -0.130. The third-order valence-electron chi connectivity index (χ3n) is 6.62. The molecule has 1 atom stereocenters. The van der Waals surface area contributed by atoms with Crippen LogP contribution in [0.4, 0.5) is 0 Å². The fraction of sp³-hybridized carbons (Fsp3) is 0.609. The number of rotatable bonds is 7. The molecule has 31 heavy (non-hydrogen) atoms. The van der Waals surface area contributed by atoms with E-state index in [-0.39, 0.29) is 11.3 Å². The molecule has 0 bridgehead atoms. The molecule has 1 aromatic heterocycles. The largest absolute Gasteiger partial charge is 0.493 e. The Balaban J connectivity index is 1.35. The molecule has 2 aliphatic heterocycles. The van der Waals surface area contributed by atoms with Crippen LogP contribution < -0.4 is 9.47 Å². The van der Waals surface area contributed by atoms with Crippen LogP contribution >= 0.6 is 0 Å². The van der Waals surface area contributed by atoms with E-state index in [1.807, 2.05) is 19.1 Å². The number of para-hydroxylation sites is 1. The van der Waals surface area contributed by atoms with Crippen LogP contribution in [0.3, 0.4) is 0 Å². The number of nitrogens with one attached hydrogen (secondary N) is 1. The van der Waals surface area contributed by atoms with E-state index in [9.17, 15) is 4.79 Å². The summed E-state index contributed by atoms with van der Waals surface area (Å²) in [6.07, 6.45) is 4.48. The van der Waals surface area contributed by atoms with Gasteiger partial charge in [0.25, 0.3) is 0 Å². The van der Waals surface area contributed by atoms with Crippen molar-refractivity contribution >= 4 is 5.91 Å². The Morgan fingerprint density at radius 3 is 2.81 bits per heavy atom. The molecule has 168 valence electrons. The van der Waals surface area contributed by atoms with Crippen molar-refractivity contribution in [1.29, 1.82) is 0 Å². The second-order valence-electron chi connectivity index (χ2n) is 8.87. The summed E-state index contributed by atoms with van der Waals surface area (Å²) in [6, 6.07) is 6.06. The first-order chi connectivity index (χ1) is 15.0. The Kier molecular flexibility index (Phi) is 6.46. The lowest BCUT2D eigenvalue weighted by Gasteiger charge is -2.40. The third kappa shape index (κ3) is 4.84. The van der Waals surface area contributed by atoms with E-state index in [0.29, 0.717) is 12.8 Å². The molecule has 8 heteroatoms. The summed E-state index contributed by atoms with van der Waals surface area (Å²) in [5.74, 6) is 3.31. The summed E-state index contributed by atoms with van der Waals surface area (Å²) in [4.78, 5) is 21.7. The summed E-state index contributed by atoms with van der Waals surface area (Å²) in [5, 5.41) is 6.98. The van der Waals surface area contributed by atoms with Crippen molar-refractivity contribution in [2.75, 3.05) is 40.4 Å². The van der Waals surface area contributed by atoms with Crippen molar-refractivity contribution in [2.24, 2.45) is 5.41 Å². The number of methoxy groups -OCH3 is 2. The number of hydrogen-bond acceptors (Lipinski definition) is 6. The number of amides is 1. The number of hydrogen-bond donors (Lipinski definition) is 1. The van der Waals surface area contributed by atoms with Crippen molar-refractivity contribution in [3.8, 4) is 11.5 Å². The van der Waals surface area contributed by atoms with Crippen molar-refractivity contribution < 1.29 is 14.3 Å². The Morgan fingerprint density at radius 1 is 1.19 bits per heavy atom. The van der Waals surface area contributed by atoms with Gasteiger partial charge in [-0.1, -0.05) is 12.1 Å². The number of nitrogens with zero attached hydrogens (tertiary/aromatic N) is 4. The van der Waals surface area contributed by atoms with Gasteiger partial charge in [0.05, 0.1) is 14.2 Å². The first-order valence-electron chi connectivity index (χ1n) is 11.1. The number of aromatic nitrogens is 3. The van der Waals surface area contributed by atoms with Gasteiger partial charge in [0.1, 0.15) is 5.82 Å². The Morgan fingerprint density at radius 2 is 2.06 bits per heavy atom. The van der Waals surface area contributed by atoms with E-state index in [2.05, 4.69) is 31.0 Å². The number of carbonyl (C=O) groups is 1. The van der Waals surface area contributed by atoms with Crippen LogP contribution in [-0.2, 0) is 17.8 Å². The monoisotopic (exact) mass is 427 g/mol. The second-order valence-corrected chi connectivity index (χ2v) is 8.87. The van der Waals surface area contributed by atoms with E-state index in [4.69, 9.17) is 9.47 Å². The van der Waals surface area contributed by atoms with E-state index in [1.54, 1.807) is 14.2 Å². The lowest BCUT2D eigenvalue weighted by atomic mass is 9.79.